The molecule has 2 aliphatic rings. The van der Waals surface area contributed by atoms with Gasteiger partial charge in [-0.2, -0.15) is 0 Å². The van der Waals surface area contributed by atoms with Crippen LogP contribution in [0.25, 0.3) is 0 Å². The van der Waals surface area contributed by atoms with Crippen LogP contribution in [0.5, 0.6) is 0 Å². The fourth-order valence-corrected chi connectivity index (χ4v) is 4.71. The fraction of sp³-hybridized carbons (Fsp3) is 0.636. The lowest BCUT2D eigenvalue weighted by Gasteiger charge is -2.42. The van der Waals surface area contributed by atoms with Crippen molar-refractivity contribution in [2.45, 2.75) is 45.1 Å². The van der Waals surface area contributed by atoms with Crippen LogP contribution >= 0.6 is 0 Å². The van der Waals surface area contributed by atoms with Crippen LogP contribution in [-0.4, -0.2) is 77.3 Å². The minimum absolute atomic E-state index is 0.0227. The molecule has 0 aromatic heterocycles. The molecule has 1 aromatic rings. The normalized spacial score (nSPS) is 18.9. The molecule has 0 bridgehead atoms. The maximum atomic E-state index is 13.2. The van der Waals surface area contributed by atoms with Crippen LogP contribution < -0.4 is 0 Å². The second-order valence-corrected chi connectivity index (χ2v) is 8.38. The lowest BCUT2D eigenvalue weighted by Crippen LogP contribution is -2.58. The summed E-state index contributed by atoms with van der Waals surface area (Å²) in [6.45, 7) is 5.31. The number of nitro groups is 1. The van der Waals surface area contributed by atoms with Crippen LogP contribution in [0.1, 0.15) is 49.4 Å². The molecule has 1 aliphatic heterocycles. The van der Waals surface area contributed by atoms with E-state index in [1.165, 1.54) is 37.1 Å². The number of benzene rings is 1. The molecular weight excluding hydrogens is 384 g/mol. The van der Waals surface area contributed by atoms with Crippen LogP contribution in [-0.2, 0) is 4.79 Å². The van der Waals surface area contributed by atoms with E-state index in [-0.39, 0.29) is 23.5 Å². The van der Waals surface area contributed by atoms with Crippen LogP contribution in [0.15, 0.2) is 24.3 Å². The van der Waals surface area contributed by atoms with Gasteiger partial charge in [0.05, 0.1) is 11.0 Å². The summed E-state index contributed by atoms with van der Waals surface area (Å²) in [5.41, 5.74) is 0.436. The first-order valence-electron chi connectivity index (χ1n) is 10.9. The van der Waals surface area contributed by atoms with Gasteiger partial charge in [0.2, 0.25) is 5.91 Å². The summed E-state index contributed by atoms with van der Waals surface area (Å²) in [6.07, 6.45) is 5.50. The van der Waals surface area contributed by atoms with Gasteiger partial charge in [0.25, 0.3) is 11.6 Å². The summed E-state index contributed by atoms with van der Waals surface area (Å²) in [5, 5.41) is 10.8. The molecule has 1 aliphatic carbocycles. The minimum Gasteiger partial charge on any atom is -0.344 e. The minimum atomic E-state index is -0.469. The first-order valence-corrected chi connectivity index (χ1v) is 10.9. The molecule has 0 N–H and O–H groups in total. The van der Waals surface area contributed by atoms with Gasteiger partial charge in [0.1, 0.15) is 0 Å². The highest BCUT2D eigenvalue weighted by Gasteiger charge is 2.38. The Kier molecular flexibility index (Phi) is 7.42. The third kappa shape index (κ3) is 4.98. The standard InChI is InChI=1S/C22H32N4O4/c1-3-12-23(2)22(28)20(17-6-4-5-7-17)24-13-15-25(16-14-24)21(27)18-8-10-19(11-9-18)26(29)30/h8-11,17,20H,3-7,12-16H2,1-2H3. The van der Waals surface area contributed by atoms with Crippen molar-refractivity contribution in [2.75, 3.05) is 39.8 Å². The molecule has 0 radical (unpaired) electrons. The number of carbonyl (C=O) groups is 2. The number of nitro benzene ring substituents is 1. The Bertz CT molecular complexity index is 753. The molecule has 1 saturated carbocycles. The summed E-state index contributed by atoms with van der Waals surface area (Å²) in [6, 6.07) is 5.65. The van der Waals surface area contributed by atoms with Gasteiger partial charge in [-0.1, -0.05) is 19.8 Å². The molecule has 1 unspecified atom stereocenters. The SMILES string of the molecule is CCCN(C)C(=O)C(C1CCCC1)N1CCN(C(=O)c2ccc([N+](=O)[O-])cc2)CC1. The van der Waals surface area contributed by atoms with Crippen molar-refractivity contribution >= 4 is 17.5 Å². The van der Waals surface area contributed by atoms with E-state index in [0.29, 0.717) is 37.7 Å². The maximum absolute atomic E-state index is 13.2. The van der Waals surface area contributed by atoms with Crippen molar-refractivity contribution in [1.82, 2.24) is 14.7 Å². The van der Waals surface area contributed by atoms with Gasteiger partial charge in [-0.25, -0.2) is 0 Å². The van der Waals surface area contributed by atoms with Crippen LogP contribution in [0, 0.1) is 16.0 Å². The molecule has 8 heteroatoms. The maximum Gasteiger partial charge on any atom is 0.269 e. The lowest BCUT2D eigenvalue weighted by atomic mass is 9.94. The zero-order valence-electron chi connectivity index (χ0n) is 18.0. The highest BCUT2D eigenvalue weighted by molar-refractivity contribution is 5.94. The van der Waals surface area contributed by atoms with Gasteiger partial charge < -0.3 is 9.80 Å². The van der Waals surface area contributed by atoms with E-state index in [4.69, 9.17) is 0 Å². The summed E-state index contributed by atoms with van der Waals surface area (Å²) in [7, 11) is 1.89. The second kappa shape index (κ2) is 10.0. The average Bonchev–Trinajstić information content (AvgIpc) is 3.28. The quantitative estimate of drug-likeness (QED) is 0.504. The van der Waals surface area contributed by atoms with Crippen molar-refractivity contribution in [2.24, 2.45) is 5.92 Å². The Morgan fingerprint density at radius 3 is 2.27 bits per heavy atom. The average molecular weight is 417 g/mol. The predicted molar refractivity (Wildman–Crippen MR) is 114 cm³/mol. The number of piperazine rings is 1. The van der Waals surface area contributed by atoms with Gasteiger partial charge in [-0.3, -0.25) is 24.6 Å². The van der Waals surface area contributed by atoms with Gasteiger partial charge in [0, 0.05) is 57.5 Å². The summed E-state index contributed by atoms with van der Waals surface area (Å²) >= 11 is 0. The number of likely N-dealkylation sites (N-methyl/N-ethyl adjacent to an activating group) is 1. The van der Waals surface area contributed by atoms with Crippen molar-refractivity contribution in [3.05, 3.63) is 39.9 Å². The van der Waals surface area contributed by atoms with Crippen molar-refractivity contribution in [1.29, 1.82) is 0 Å². The van der Waals surface area contributed by atoms with Gasteiger partial charge in [0.15, 0.2) is 0 Å². The highest BCUT2D eigenvalue weighted by Crippen LogP contribution is 2.32. The molecule has 3 rings (SSSR count). The van der Waals surface area contributed by atoms with Crippen molar-refractivity contribution in [3.8, 4) is 0 Å². The Balaban J connectivity index is 1.64. The number of hydrogen-bond donors (Lipinski definition) is 0. The van der Waals surface area contributed by atoms with E-state index in [2.05, 4.69) is 11.8 Å². The van der Waals surface area contributed by atoms with Gasteiger partial charge >= 0.3 is 0 Å². The van der Waals surface area contributed by atoms with Crippen LogP contribution in [0.3, 0.4) is 0 Å². The molecule has 8 nitrogen and oxygen atoms in total. The molecule has 2 fully saturated rings. The summed E-state index contributed by atoms with van der Waals surface area (Å²) < 4.78 is 0. The predicted octanol–water partition coefficient (Wildman–Crippen LogP) is 2.78. The molecule has 1 heterocycles. The van der Waals surface area contributed by atoms with Crippen LogP contribution in [0.2, 0.25) is 0 Å². The number of rotatable bonds is 7. The number of hydrogen-bond acceptors (Lipinski definition) is 5. The number of nitrogens with zero attached hydrogens (tertiary/aromatic N) is 4. The fourth-order valence-electron chi connectivity index (χ4n) is 4.71. The number of non-ortho nitro benzene ring substituents is 1. The van der Waals surface area contributed by atoms with Gasteiger partial charge in [-0.15, -0.1) is 0 Å². The van der Waals surface area contributed by atoms with Crippen LogP contribution in [0.4, 0.5) is 5.69 Å². The molecule has 164 valence electrons. The van der Waals surface area contributed by atoms with Crippen molar-refractivity contribution in [3.63, 3.8) is 0 Å². The zero-order valence-corrected chi connectivity index (χ0v) is 18.0. The third-order valence-corrected chi connectivity index (χ3v) is 6.35. The number of amides is 2. The Hall–Kier alpha value is -2.48. The molecule has 30 heavy (non-hydrogen) atoms. The van der Waals surface area contributed by atoms with E-state index in [0.717, 1.165) is 25.8 Å². The molecule has 1 aromatic carbocycles. The largest absolute Gasteiger partial charge is 0.344 e. The Labute approximate surface area is 178 Å². The monoisotopic (exact) mass is 416 g/mol. The Morgan fingerprint density at radius 2 is 1.73 bits per heavy atom. The second-order valence-electron chi connectivity index (χ2n) is 8.38. The molecule has 2 amide bonds. The van der Waals surface area contributed by atoms with Gasteiger partial charge in [-0.05, 0) is 37.3 Å². The molecule has 1 atom stereocenters. The van der Waals surface area contributed by atoms with E-state index < -0.39 is 4.92 Å². The first kappa shape index (κ1) is 22.2. The smallest absolute Gasteiger partial charge is 0.269 e. The first-order chi connectivity index (χ1) is 14.4. The van der Waals surface area contributed by atoms with E-state index >= 15 is 0 Å². The van der Waals surface area contributed by atoms with E-state index in [1.807, 2.05) is 11.9 Å². The van der Waals surface area contributed by atoms with E-state index in [9.17, 15) is 19.7 Å². The lowest BCUT2D eigenvalue weighted by molar-refractivity contribution is -0.384. The molecule has 0 spiro atoms. The van der Waals surface area contributed by atoms with Crippen molar-refractivity contribution < 1.29 is 14.5 Å². The summed E-state index contributed by atoms with van der Waals surface area (Å²) in [4.78, 5) is 42.2. The number of carbonyl (C=O) groups excluding carboxylic acids is 2. The molecule has 1 saturated heterocycles. The Morgan fingerprint density at radius 1 is 1.13 bits per heavy atom. The highest BCUT2D eigenvalue weighted by atomic mass is 16.6. The topological polar surface area (TPSA) is 87.0 Å². The third-order valence-electron chi connectivity index (χ3n) is 6.35. The molecular formula is C22H32N4O4. The summed E-state index contributed by atoms with van der Waals surface area (Å²) in [5.74, 6) is 0.490. The van der Waals surface area contributed by atoms with E-state index in [1.54, 1.807) is 4.90 Å². The zero-order chi connectivity index (χ0) is 21.7.